The Labute approximate surface area is 126 Å². The summed E-state index contributed by atoms with van der Waals surface area (Å²) in [5.41, 5.74) is 2.44. The average molecular weight is 285 g/mol. The van der Waals surface area contributed by atoms with Crippen LogP contribution in [0.5, 0.6) is 0 Å². The first-order valence-corrected chi connectivity index (χ1v) is 7.73. The lowest BCUT2D eigenvalue weighted by Crippen LogP contribution is -2.36. The molecule has 0 saturated carbocycles. The fourth-order valence-corrected chi connectivity index (χ4v) is 3.07. The standard InChI is InChI=1S/C18H23NO2/c1-14-4-9-18(21-14)17-7-5-15(6-8-17)11-19-10-2-3-16(12-19)13-20/h4-9,16,20H,2-3,10-13H2,1H3/t16-/m0/s1. The van der Waals surface area contributed by atoms with E-state index in [1.54, 1.807) is 0 Å². The fraction of sp³-hybridized carbons (Fsp3) is 0.444. The molecule has 0 bridgehead atoms. The maximum absolute atomic E-state index is 9.30. The molecule has 2 aromatic rings. The molecule has 0 unspecified atom stereocenters. The molecule has 1 fully saturated rings. The minimum Gasteiger partial charge on any atom is -0.461 e. The van der Waals surface area contributed by atoms with Crippen molar-refractivity contribution in [2.75, 3.05) is 19.7 Å². The van der Waals surface area contributed by atoms with Crippen molar-refractivity contribution < 1.29 is 9.52 Å². The quantitative estimate of drug-likeness (QED) is 0.934. The summed E-state index contributed by atoms with van der Waals surface area (Å²) in [7, 11) is 0. The van der Waals surface area contributed by atoms with Crippen LogP contribution in [0.3, 0.4) is 0 Å². The molecule has 1 aliphatic heterocycles. The Morgan fingerprint density at radius 3 is 2.67 bits per heavy atom. The summed E-state index contributed by atoms with van der Waals surface area (Å²) in [5.74, 6) is 2.32. The molecule has 1 saturated heterocycles. The van der Waals surface area contributed by atoms with E-state index < -0.39 is 0 Å². The molecule has 0 aliphatic carbocycles. The third-order valence-corrected chi connectivity index (χ3v) is 4.25. The summed E-state index contributed by atoms with van der Waals surface area (Å²) >= 11 is 0. The molecule has 1 aliphatic rings. The Bertz CT molecular complexity index is 573. The normalized spacial score (nSPS) is 19.8. The van der Waals surface area contributed by atoms with Gasteiger partial charge in [-0.3, -0.25) is 4.90 Å². The van der Waals surface area contributed by atoms with Crippen LogP contribution in [0.15, 0.2) is 40.8 Å². The highest BCUT2D eigenvalue weighted by Crippen LogP contribution is 2.23. The summed E-state index contributed by atoms with van der Waals surface area (Å²) in [6, 6.07) is 12.6. The van der Waals surface area contributed by atoms with Crippen molar-refractivity contribution in [1.29, 1.82) is 0 Å². The van der Waals surface area contributed by atoms with Gasteiger partial charge in [-0.05, 0) is 49.9 Å². The molecule has 3 heteroatoms. The van der Waals surface area contributed by atoms with Crippen LogP contribution >= 0.6 is 0 Å². The van der Waals surface area contributed by atoms with Crippen LogP contribution in [-0.4, -0.2) is 29.7 Å². The number of piperidine rings is 1. The van der Waals surface area contributed by atoms with Crippen molar-refractivity contribution in [3.8, 4) is 11.3 Å². The van der Waals surface area contributed by atoms with E-state index >= 15 is 0 Å². The van der Waals surface area contributed by atoms with Crippen molar-refractivity contribution >= 4 is 0 Å². The smallest absolute Gasteiger partial charge is 0.134 e. The van der Waals surface area contributed by atoms with Crippen LogP contribution in [0.25, 0.3) is 11.3 Å². The molecule has 0 amide bonds. The van der Waals surface area contributed by atoms with Crippen molar-refractivity contribution in [2.45, 2.75) is 26.3 Å². The number of hydrogen-bond donors (Lipinski definition) is 1. The SMILES string of the molecule is Cc1ccc(-c2ccc(CN3CCC[C@H](CO)C3)cc2)o1. The van der Waals surface area contributed by atoms with Gasteiger partial charge >= 0.3 is 0 Å². The second-order valence-electron chi connectivity index (χ2n) is 6.03. The van der Waals surface area contributed by atoms with E-state index in [-0.39, 0.29) is 0 Å². The van der Waals surface area contributed by atoms with Gasteiger partial charge < -0.3 is 9.52 Å². The van der Waals surface area contributed by atoms with Gasteiger partial charge in [-0.25, -0.2) is 0 Å². The Hall–Kier alpha value is -1.58. The predicted octanol–water partition coefficient (Wildman–Crippen LogP) is 3.46. The number of nitrogens with zero attached hydrogens (tertiary/aromatic N) is 1. The summed E-state index contributed by atoms with van der Waals surface area (Å²) in [6.45, 7) is 5.39. The molecule has 112 valence electrons. The minimum absolute atomic E-state index is 0.313. The molecule has 3 rings (SSSR count). The van der Waals surface area contributed by atoms with Crippen LogP contribution in [0, 0.1) is 12.8 Å². The number of furan rings is 1. The maximum Gasteiger partial charge on any atom is 0.134 e. The van der Waals surface area contributed by atoms with Gasteiger partial charge in [-0.1, -0.05) is 24.3 Å². The van der Waals surface area contributed by atoms with Gasteiger partial charge in [0.15, 0.2) is 0 Å². The lowest BCUT2D eigenvalue weighted by Gasteiger charge is -2.31. The topological polar surface area (TPSA) is 36.6 Å². The van der Waals surface area contributed by atoms with Gasteiger partial charge in [0.05, 0.1) is 0 Å². The Morgan fingerprint density at radius 2 is 2.00 bits per heavy atom. The zero-order valence-electron chi connectivity index (χ0n) is 12.6. The molecule has 2 heterocycles. The summed E-state index contributed by atoms with van der Waals surface area (Å²) in [4.78, 5) is 2.44. The summed E-state index contributed by atoms with van der Waals surface area (Å²) in [5, 5.41) is 9.30. The Kier molecular flexibility index (Phi) is 4.42. The van der Waals surface area contributed by atoms with E-state index in [2.05, 4.69) is 29.2 Å². The number of hydrogen-bond acceptors (Lipinski definition) is 3. The summed E-state index contributed by atoms with van der Waals surface area (Å²) < 4.78 is 5.65. The van der Waals surface area contributed by atoms with E-state index in [9.17, 15) is 5.11 Å². The Morgan fingerprint density at radius 1 is 1.19 bits per heavy atom. The molecule has 1 aromatic carbocycles. The van der Waals surface area contributed by atoms with E-state index in [1.165, 1.54) is 12.0 Å². The molecule has 1 N–H and O–H groups in total. The molecule has 0 radical (unpaired) electrons. The number of benzene rings is 1. The van der Waals surface area contributed by atoms with Gasteiger partial charge in [0.1, 0.15) is 11.5 Å². The van der Waals surface area contributed by atoms with Gasteiger partial charge in [0, 0.05) is 25.3 Å². The number of aliphatic hydroxyl groups is 1. The van der Waals surface area contributed by atoms with Gasteiger partial charge in [0.2, 0.25) is 0 Å². The molecule has 0 spiro atoms. The van der Waals surface area contributed by atoms with Crippen LogP contribution < -0.4 is 0 Å². The number of aryl methyl sites for hydroxylation is 1. The zero-order chi connectivity index (χ0) is 14.7. The van der Waals surface area contributed by atoms with E-state index in [0.717, 1.165) is 43.1 Å². The highest BCUT2D eigenvalue weighted by Gasteiger charge is 2.19. The lowest BCUT2D eigenvalue weighted by atomic mass is 9.98. The van der Waals surface area contributed by atoms with Gasteiger partial charge in [-0.2, -0.15) is 0 Å². The van der Waals surface area contributed by atoms with E-state index in [0.29, 0.717) is 12.5 Å². The maximum atomic E-state index is 9.30. The highest BCUT2D eigenvalue weighted by atomic mass is 16.3. The first-order valence-electron chi connectivity index (χ1n) is 7.73. The van der Waals surface area contributed by atoms with Crippen LogP contribution in [0.4, 0.5) is 0 Å². The Balaban J connectivity index is 1.64. The van der Waals surface area contributed by atoms with Crippen molar-refractivity contribution in [1.82, 2.24) is 4.90 Å². The van der Waals surface area contributed by atoms with Gasteiger partial charge in [0.25, 0.3) is 0 Å². The lowest BCUT2D eigenvalue weighted by molar-refractivity contribution is 0.116. The highest BCUT2D eigenvalue weighted by molar-refractivity contribution is 5.57. The van der Waals surface area contributed by atoms with Crippen LogP contribution in [0.1, 0.15) is 24.2 Å². The fourth-order valence-electron chi connectivity index (χ4n) is 3.07. The number of aliphatic hydroxyl groups excluding tert-OH is 1. The van der Waals surface area contributed by atoms with Crippen molar-refractivity contribution in [3.63, 3.8) is 0 Å². The van der Waals surface area contributed by atoms with Crippen LogP contribution in [0.2, 0.25) is 0 Å². The van der Waals surface area contributed by atoms with E-state index in [1.807, 2.05) is 19.1 Å². The largest absolute Gasteiger partial charge is 0.461 e. The first-order chi connectivity index (χ1) is 10.2. The van der Waals surface area contributed by atoms with E-state index in [4.69, 9.17) is 4.42 Å². The molecule has 1 aromatic heterocycles. The first kappa shape index (κ1) is 14.4. The monoisotopic (exact) mass is 285 g/mol. The van der Waals surface area contributed by atoms with Crippen molar-refractivity contribution in [2.24, 2.45) is 5.92 Å². The molecular formula is C18H23NO2. The second kappa shape index (κ2) is 6.46. The molecule has 21 heavy (non-hydrogen) atoms. The minimum atomic E-state index is 0.313. The zero-order valence-corrected chi connectivity index (χ0v) is 12.6. The summed E-state index contributed by atoms with van der Waals surface area (Å²) in [6.07, 6.45) is 2.35. The predicted molar refractivity (Wildman–Crippen MR) is 84.0 cm³/mol. The van der Waals surface area contributed by atoms with Gasteiger partial charge in [-0.15, -0.1) is 0 Å². The molecule has 1 atom stereocenters. The second-order valence-corrected chi connectivity index (χ2v) is 6.03. The van der Waals surface area contributed by atoms with Crippen molar-refractivity contribution in [3.05, 3.63) is 47.7 Å². The molecule has 3 nitrogen and oxygen atoms in total. The third kappa shape index (κ3) is 3.55. The average Bonchev–Trinajstić information content (AvgIpc) is 2.95. The number of likely N-dealkylation sites (tertiary alicyclic amines) is 1. The van der Waals surface area contributed by atoms with Crippen LogP contribution in [-0.2, 0) is 6.54 Å². The number of rotatable bonds is 4. The third-order valence-electron chi connectivity index (χ3n) is 4.25. The molecular weight excluding hydrogens is 262 g/mol.